The van der Waals surface area contributed by atoms with Gasteiger partial charge < -0.3 is 10.4 Å². The van der Waals surface area contributed by atoms with E-state index in [1.54, 1.807) is 0 Å². The van der Waals surface area contributed by atoms with E-state index in [0.29, 0.717) is 16.8 Å². The third kappa shape index (κ3) is 2.31. The van der Waals surface area contributed by atoms with Gasteiger partial charge >= 0.3 is 5.97 Å². The first kappa shape index (κ1) is 12.5. The maximum Gasteiger partial charge on any atom is 0.339 e. The van der Waals surface area contributed by atoms with Crippen LogP contribution < -0.4 is 5.32 Å². The van der Waals surface area contributed by atoms with Gasteiger partial charge in [-0.1, -0.05) is 13.3 Å². The van der Waals surface area contributed by atoms with Crippen LogP contribution in [0.4, 0.5) is 5.82 Å². The number of nitrogens with one attached hydrogen (secondary N) is 1. The monoisotopic (exact) mass is 260 g/mol. The Bertz CT molecular complexity index is 521. The van der Waals surface area contributed by atoms with E-state index >= 15 is 0 Å². The molecule has 4 heteroatoms. The quantitative estimate of drug-likeness (QED) is 0.873. The van der Waals surface area contributed by atoms with Crippen LogP contribution in [-0.2, 0) is 12.8 Å². The zero-order chi connectivity index (χ0) is 13.5. The lowest BCUT2D eigenvalue weighted by molar-refractivity contribution is 0.0697. The summed E-state index contributed by atoms with van der Waals surface area (Å²) in [6.45, 7) is 3.07. The Morgan fingerprint density at radius 3 is 2.84 bits per heavy atom. The highest BCUT2D eigenvalue weighted by molar-refractivity contribution is 5.93. The molecule has 0 spiro atoms. The van der Waals surface area contributed by atoms with Crippen molar-refractivity contribution in [3.05, 3.63) is 22.9 Å². The van der Waals surface area contributed by atoms with Crippen LogP contribution in [0.25, 0.3) is 0 Å². The van der Waals surface area contributed by atoms with E-state index in [2.05, 4.69) is 17.2 Å². The van der Waals surface area contributed by atoms with Crippen LogP contribution in [0.3, 0.4) is 0 Å². The number of rotatable bonds is 4. The molecule has 0 amide bonds. The molecule has 0 radical (unpaired) electrons. The predicted octanol–water partition coefficient (Wildman–Crippen LogP) is 2.87. The van der Waals surface area contributed by atoms with Gasteiger partial charge in [-0.05, 0) is 49.1 Å². The summed E-state index contributed by atoms with van der Waals surface area (Å²) in [6.07, 6.45) is 6.73. The number of aryl methyl sites for hydroxylation is 2. The van der Waals surface area contributed by atoms with Crippen molar-refractivity contribution in [1.29, 1.82) is 0 Å². The van der Waals surface area contributed by atoms with Crippen LogP contribution in [0.15, 0.2) is 6.07 Å². The number of aromatic carboxylic acids is 1. The first-order valence-corrected chi connectivity index (χ1v) is 7.07. The van der Waals surface area contributed by atoms with E-state index in [9.17, 15) is 9.90 Å². The molecule has 0 saturated heterocycles. The van der Waals surface area contributed by atoms with Gasteiger partial charge in [0.15, 0.2) is 0 Å². The van der Waals surface area contributed by atoms with Gasteiger partial charge in [0.25, 0.3) is 0 Å². The zero-order valence-electron chi connectivity index (χ0n) is 11.3. The van der Waals surface area contributed by atoms with E-state index in [0.717, 1.165) is 37.1 Å². The van der Waals surface area contributed by atoms with E-state index in [-0.39, 0.29) is 0 Å². The van der Waals surface area contributed by atoms with Gasteiger partial charge in [-0.2, -0.15) is 0 Å². The van der Waals surface area contributed by atoms with Crippen LogP contribution >= 0.6 is 0 Å². The highest BCUT2D eigenvalue weighted by Gasteiger charge is 2.32. The predicted molar refractivity (Wildman–Crippen MR) is 73.7 cm³/mol. The Balaban J connectivity index is 1.84. The fraction of sp³-hybridized carbons (Fsp3) is 0.600. The van der Waals surface area contributed by atoms with Crippen molar-refractivity contribution in [2.75, 3.05) is 11.9 Å². The first-order chi connectivity index (χ1) is 9.07. The first-order valence-electron chi connectivity index (χ1n) is 7.07. The number of hydrogen-bond acceptors (Lipinski definition) is 3. The molecule has 1 aromatic heterocycles. The number of nitrogens with zero attached hydrogens (tertiary/aromatic N) is 1. The van der Waals surface area contributed by atoms with Gasteiger partial charge in [-0.3, -0.25) is 0 Å². The number of carboxylic acid groups (broad SMARTS) is 1. The lowest BCUT2D eigenvalue weighted by Gasteiger charge is -2.38. The number of pyridine rings is 1. The number of hydrogen-bond donors (Lipinski definition) is 2. The number of carboxylic acids is 1. The number of carbonyl (C=O) groups is 1. The molecular formula is C15H20N2O2. The molecule has 0 aromatic carbocycles. The van der Waals surface area contributed by atoms with Crippen LogP contribution in [-0.4, -0.2) is 22.6 Å². The maximum absolute atomic E-state index is 11.3. The molecule has 4 nitrogen and oxygen atoms in total. The summed E-state index contributed by atoms with van der Waals surface area (Å²) in [5, 5.41) is 12.6. The van der Waals surface area contributed by atoms with E-state index in [1.807, 2.05) is 6.07 Å². The Morgan fingerprint density at radius 1 is 1.42 bits per heavy atom. The highest BCUT2D eigenvalue weighted by Crippen LogP contribution is 2.40. The Morgan fingerprint density at radius 2 is 2.21 bits per heavy atom. The van der Waals surface area contributed by atoms with Crippen LogP contribution in [0.1, 0.15) is 54.2 Å². The number of aromatic nitrogens is 1. The fourth-order valence-corrected chi connectivity index (χ4v) is 3.02. The van der Waals surface area contributed by atoms with Crippen molar-refractivity contribution in [3.63, 3.8) is 0 Å². The second-order valence-electron chi connectivity index (χ2n) is 6.17. The third-order valence-corrected chi connectivity index (χ3v) is 4.52. The molecular weight excluding hydrogens is 240 g/mol. The van der Waals surface area contributed by atoms with Crippen LogP contribution in [0.5, 0.6) is 0 Å². The third-order valence-electron chi connectivity index (χ3n) is 4.52. The second-order valence-corrected chi connectivity index (χ2v) is 6.17. The van der Waals surface area contributed by atoms with Crippen molar-refractivity contribution in [2.45, 2.75) is 45.4 Å². The smallest absolute Gasteiger partial charge is 0.339 e. The maximum atomic E-state index is 11.3. The van der Waals surface area contributed by atoms with E-state index in [4.69, 9.17) is 0 Å². The molecule has 102 valence electrons. The topological polar surface area (TPSA) is 62.2 Å². The van der Waals surface area contributed by atoms with Crippen molar-refractivity contribution in [2.24, 2.45) is 5.41 Å². The van der Waals surface area contributed by atoms with Crippen LogP contribution in [0.2, 0.25) is 0 Å². The molecule has 0 atom stereocenters. The van der Waals surface area contributed by atoms with Crippen LogP contribution in [0, 0.1) is 5.41 Å². The summed E-state index contributed by atoms with van der Waals surface area (Å²) < 4.78 is 0. The molecule has 2 N–H and O–H groups in total. The second kappa shape index (κ2) is 4.51. The fourth-order valence-electron chi connectivity index (χ4n) is 3.02. The lowest BCUT2D eigenvalue weighted by atomic mass is 9.70. The van der Waals surface area contributed by atoms with Crippen molar-refractivity contribution in [1.82, 2.24) is 4.98 Å². The van der Waals surface area contributed by atoms with Gasteiger partial charge in [0.2, 0.25) is 0 Å². The van der Waals surface area contributed by atoms with E-state index < -0.39 is 5.97 Å². The minimum Gasteiger partial charge on any atom is -0.478 e. The molecule has 2 aliphatic rings. The Kier molecular flexibility index (Phi) is 2.96. The molecule has 1 saturated carbocycles. The number of anilines is 1. The van der Waals surface area contributed by atoms with Crippen molar-refractivity contribution < 1.29 is 9.90 Å². The Hall–Kier alpha value is -1.58. The van der Waals surface area contributed by atoms with Crippen molar-refractivity contribution in [3.8, 4) is 0 Å². The van der Waals surface area contributed by atoms with Gasteiger partial charge in [-0.25, -0.2) is 9.78 Å². The molecule has 1 heterocycles. The minimum absolute atomic E-state index is 0.316. The molecule has 0 bridgehead atoms. The van der Waals surface area contributed by atoms with Gasteiger partial charge in [-0.15, -0.1) is 0 Å². The Labute approximate surface area is 113 Å². The minimum atomic E-state index is -0.886. The van der Waals surface area contributed by atoms with E-state index in [1.165, 1.54) is 19.3 Å². The average Bonchev–Trinajstić information content (AvgIpc) is 2.79. The molecule has 0 unspecified atom stereocenters. The van der Waals surface area contributed by atoms with Gasteiger partial charge in [0.05, 0.1) is 0 Å². The molecule has 1 fully saturated rings. The summed E-state index contributed by atoms with van der Waals surface area (Å²) in [7, 11) is 0. The summed E-state index contributed by atoms with van der Waals surface area (Å²) >= 11 is 0. The van der Waals surface area contributed by atoms with Crippen molar-refractivity contribution >= 4 is 11.8 Å². The normalized spacial score (nSPS) is 19.6. The lowest BCUT2D eigenvalue weighted by Crippen LogP contribution is -2.33. The van der Waals surface area contributed by atoms with Gasteiger partial charge in [0, 0.05) is 12.2 Å². The molecule has 19 heavy (non-hydrogen) atoms. The number of fused-ring (bicyclic) bond motifs is 1. The van der Waals surface area contributed by atoms with Gasteiger partial charge in [0.1, 0.15) is 11.4 Å². The summed E-state index contributed by atoms with van der Waals surface area (Å²) in [4.78, 5) is 15.9. The summed E-state index contributed by atoms with van der Waals surface area (Å²) in [5.41, 5.74) is 2.82. The highest BCUT2D eigenvalue weighted by atomic mass is 16.4. The molecule has 3 rings (SSSR count). The zero-order valence-corrected chi connectivity index (χ0v) is 11.3. The summed E-state index contributed by atoms with van der Waals surface area (Å²) in [5.74, 6) is -0.329. The molecule has 0 aliphatic heterocycles. The largest absolute Gasteiger partial charge is 0.478 e. The average molecular weight is 260 g/mol. The summed E-state index contributed by atoms with van der Waals surface area (Å²) in [6, 6.07) is 1.81. The molecule has 2 aliphatic carbocycles. The molecule has 1 aromatic rings. The SMILES string of the molecule is CC1(CNc2nc3c(cc2C(=O)O)CCC3)CCC1. The standard InChI is InChI=1S/C15H20N2O2/c1-15(6-3-7-15)9-16-13-11(14(18)19)8-10-4-2-5-12(10)17-13/h8H,2-7,9H2,1H3,(H,16,17)(H,18,19).